The quantitative estimate of drug-likeness (QED) is 0.743. The van der Waals surface area contributed by atoms with Crippen molar-refractivity contribution in [2.75, 3.05) is 0 Å². The van der Waals surface area contributed by atoms with Crippen LogP contribution in [0, 0.1) is 0 Å². The average molecular weight is 315 g/mol. The van der Waals surface area contributed by atoms with Gasteiger partial charge in [-0.15, -0.1) is 11.3 Å². The molecule has 4 rings (SSSR count). The third kappa shape index (κ3) is 2.16. The molecule has 6 nitrogen and oxygen atoms in total. The zero-order valence-corrected chi connectivity index (χ0v) is 13.2. The van der Waals surface area contributed by atoms with E-state index in [4.69, 9.17) is 0 Å². The summed E-state index contributed by atoms with van der Waals surface area (Å²) in [6.45, 7) is 2.62. The standard InChI is InChI=1S/C15H17N5OS/c1-10(6-19-8-16-7-18-19)20-9-17-14-13(15(20)21)11-4-2-3-5-12(11)22-14/h7-10H,2-6H2,1H3/t10-/m0/s1. The number of hydrogen-bond acceptors (Lipinski definition) is 5. The van der Waals surface area contributed by atoms with Crippen LogP contribution in [0.2, 0.25) is 0 Å². The molecule has 0 bridgehead atoms. The molecule has 0 unspecified atom stereocenters. The second-order valence-electron chi connectivity index (χ2n) is 5.81. The first-order valence-corrected chi connectivity index (χ1v) is 8.39. The van der Waals surface area contributed by atoms with Crippen LogP contribution in [0.25, 0.3) is 10.2 Å². The van der Waals surface area contributed by atoms with Crippen molar-refractivity contribution in [3.8, 4) is 0 Å². The lowest BCUT2D eigenvalue weighted by molar-refractivity contribution is 0.425. The fourth-order valence-electron chi connectivity index (χ4n) is 3.16. The summed E-state index contributed by atoms with van der Waals surface area (Å²) in [6.07, 6.45) is 9.33. The van der Waals surface area contributed by atoms with E-state index < -0.39 is 0 Å². The van der Waals surface area contributed by atoms with Crippen molar-refractivity contribution in [2.24, 2.45) is 0 Å². The predicted molar refractivity (Wildman–Crippen MR) is 85.3 cm³/mol. The highest BCUT2D eigenvalue weighted by molar-refractivity contribution is 7.18. The Kier molecular flexibility index (Phi) is 3.29. The number of rotatable bonds is 3. The summed E-state index contributed by atoms with van der Waals surface area (Å²) in [5.41, 5.74) is 1.32. The molecule has 0 aromatic carbocycles. The maximum Gasteiger partial charge on any atom is 0.262 e. The molecule has 0 amide bonds. The van der Waals surface area contributed by atoms with E-state index in [-0.39, 0.29) is 11.6 Å². The van der Waals surface area contributed by atoms with Crippen molar-refractivity contribution >= 4 is 21.6 Å². The fraction of sp³-hybridized carbons (Fsp3) is 0.467. The lowest BCUT2D eigenvalue weighted by atomic mass is 9.97. The second kappa shape index (κ2) is 5.31. The number of thiophene rings is 1. The van der Waals surface area contributed by atoms with Crippen LogP contribution in [0.5, 0.6) is 0 Å². The molecule has 0 N–H and O–H groups in total. The van der Waals surface area contributed by atoms with Crippen LogP contribution >= 0.6 is 11.3 Å². The van der Waals surface area contributed by atoms with Gasteiger partial charge in [-0.3, -0.25) is 14.0 Å². The highest BCUT2D eigenvalue weighted by Crippen LogP contribution is 2.33. The highest BCUT2D eigenvalue weighted by atomic mass is 32.1. The Morgan fingerprint density at radius 2 is 2.18 bits per heavy atom. The number of fused-ring (bicyclic) bond motifs is 3. The second-order valence-corrected chi connectivity index (χ2v) is 6.90. The van der Waals surface area contributed by atoms with Gasteiger partial charge in [0.1, 0.15) is 17.5 Å². The first kappa shape index (κ1) is 13.6. The van der Waals surface area contributed by atoms with Crippen LogP contribution in [0.15, 0.2) is 23.8 Å². The Balaban J connectivity index is 1.78. The third-order valence-corrected chi connectivity index (χ3v) is 5.49. The van der Waals surface area contributed by atoms with E-state index in [0.717, 1.165) is 23.1 Å². The van der Waals surface area contributed by atoms with Crippen molar-refractivity contribution in [3.63, 3.8) is 0 Å². The van der Waals surface area contributed by atoms with Gasteiger partial charge in [-0.1, -0.05) is 0 Å². The van der Waals surface area contributed by atoms with Crippen LogP contribution in [0.3, 0.4) is 0 Å². The van der Waals surface area contributed by atoms with Crippen molar-refractivity contribution in [2.45, 2.75) is 45.2 Å². The first-order chi connectivity index (χ1) is 10.7. The van der Waals surface area contributed by atoms with Crippen molar-refractivity contribution in [1.29, 1.82) is 0 Å². The molecule has 0 radical (unpaired) electrons. The van der Waals surface area contributed by atoms with Gasteiger partial charge in [0, 0.05) is 4.88 Å². The Bertz CT molecular complexity index is 864. The Morgan fingerprint density at radius 3 is 3.00 bits per heavy atom. The maximum atomic E-state index is 12.9. The molecular formula is C15H17N5OS. The average Bonchev–Trinajstić information content (AvgIpc) is 3.14. The van der Waals surface area contributed by atoms with E-state index in [9.17, 15) is 4.79 Å². The number of aryl methyl sites for hydroxylation is 2. The van der Waals surface area contributed by atoms with Gasteiger partial charge < -0.3 is 0 Å². The first-order valence-electron chi connectivity index (χ1n) is 7.58. The van der Waals surface area contributed by atoms with E-state index in [2.05, 4.69) is 15.1 Å². The van der Waals surface area contributed by atoms with E-state index in [1.807, 2.05) is 6.92 Å². The summed E-state index contributed by atoms with van der Waals surface area (Å²) < 4.78 is 3.47. The molecule has 7 heteroatoms. The Hall–Kier alpha value is -2.02. The molecule has 0 fully saturated rings. The molecular weight excluding hydrogens is 298 g/mol. The van der Waals surface area contributed by atoms with Gasteiger partial charge in [-0.05, 0) is 38.2 Å². The molecule has 3 heterocycles. The maximum absolute atomic E-state index is 12.9. The van der Waals surface area contributed by atoms with Crippen LogP contribution in [-0.4, -0.2) is 24.3 Å². The molecule has 3 aromatic heterocycles. The highest BCUT2D eigenvalue weighted by Gasteiger charge is 2.21. The summed E-state index contributed by atoms with van der Waals surface area (Å²) in [6, 6.07) is -0.00904. The molecule has 1 aliphatic rings. The minimum Gasteiger partial charge on any atom is -0.294 e. The molecule has 0 saturated carbocycles. The Morgan fingerprint density at radius 1 is 1.32 bits per heavy atom. The van der Waals surface area contributed by atoms with E-state index in [1.54, 1.807) is 33.2 Å². The zero-order chi connectivity index (χ0) is 15.1. The normalized spacial score (nSPS) is 15.9. The third-order valence-electron chi connectivity index (χ3n) is 4.29. The smallest absolute Gasteiger partial charge is 0.262 e. The van der Waals surface area contributed by atoms with Crippen LogP contribution in [0.1, 0.15) is 36.2 Å². The van der Waals surface area contributed by atoms with Crippen molar-refractivity contribution < 1.29 is 0 Å². The van der Waals surface area contributed by atoms with Crippen LogP contribution in [-0.2, 0) is 19.4 Å². The minimum atomic E-state index is -0.00904. The number of aromatic nitrogens is 5. The molecule has 0 aliphatic heterocycles. The summed E-state index contributed by atoms with van der Waals surface area (Å²) in [7, 11) is 0. The van der Waals surface area contributed by atoms with Crippen molar-refractivity contribution in [1.82, 2.24) is 24.3 Å². The Labute approximate surface area is 131 Å². The SMILES string of the molecule is C[C@@H](Cn1cncn1)n1cnc2sc3c(c2c1=O)CCCC3. The molecule has 22 heavy (non-hydrogen) atoms. The van der Waals surface area contributed by atoms with Gasteiger partial charge in [-0.25, -0.2) is 9.97 Å². The van der Waals surface area contributed by atoms with Gasteiger partial charge in [0.2, 0.25) is 0 Å². The summed E-state index contributed by atoms with van der Waals surface area (Å²) in [5.74, 6) is 0. The van der Waals surface area contributed by atoms with E-state index in [0.29, 0.717) is 6.54 Å². The van der Waals surface area contributed by atoms with Crippen molar-refractivity contribution in [3.05, 3.63) is 39.8 Å². The monoisotopic (exact) mass is 315 g/mol. The predicted octanol–water partition coefficient (Wildman–Crippen LogP) is 2.19. The molecule has 1 atom stereocenters. The molecule has 1 aliphatic carbocycles. The molecule has 3 aromatic rings. The van der Waals surface area contributed by atoms with Gasteiger partial charge in [0.05, 0.1) is 24.3 Å². The number of hydrogen-bond donors (Lipinski definition) is 0. The lowest BCUT2D eigenvalue weighted by Crippen LogP contribution is -2.26. The molecule has 0 saturated heterocycles. The van der Waals surface area contributed by atoms with Crippen LogP contribution in [0.4, 0.5) is 0 Å². The van der Waals surface area contributed by atoms with Gasteiger partial charge in [0.15, 0.2) is 0 Å². The summed E-state index contributed by atoms with van der Waals surface area (Å²) >= 11 is 1.69. The van der Waals surface area contributed by atoms with Gasteiger partial charge >= 0.3 is 0 Å². The summed E-state index contributed by atoms with van der Waals surface area (Å²) in [5, 5.41) is 4.95. The molecule has 0 spiro atoms. The minimum absolute atomic E-state index is 0.00904. The van der Waals surface area contributed by atoms with E-state index >= 15 is 0 Å². The summed E-state index contributed by atoms with van der Waals surface area (Å²) in [4.78, 5) is 23.6. The topological polar surface area (TPSA) is 65.6 Å². The lowest BCUT2D eigenvalue weighted by Gasteiger charge is -2.15. The fourth-order valence-corrected chi connectivity index (χ4v) is 4.38. The van der Waals surface area contributed by atoms with E-state index in [1.165, 1.54) is 29.6 Å². The van der Waals surface area contributed by atoms with Crippen LogP contribution < -0.4 is 5.56 Å². The molecule has 114 valence electrons. The van der Waals surface area contributed by atoms with Gasteiger partial charge in [-0.2, -0.15) is 5.10 Å². The largest absolute Gasteiger partial charge is 0.294 e. The zero-order valence-electron chi connectivity index (χ0n) is 12.4. The number of nitrogens with zero attached hydrogens (tertiary/aromatic N) is 5. The van der Waals surface area contributed by atoms with Gasteiger partial charge in [0.25, 0.3) is 5.56 Å².